The first-order chi connectivity index (χ1) is 6.52. The van der Waals surface area contributed by atoms with Crippen LogP contribution in [0.1, 0.15) is 20.3 Å². The van der Waals surface area contributed by atoms with E-state index in [4.69, 9.17) is 9.84 Å². The summed E-state index contributed by atoms with van der Waals surface area (Å²) >= 11 is 0. The van der Waals surface area contributed by atoms with Gasteiger partial charge in [-0.3, -0.25) is 4.79 Å². The lowest BCUT2D eigenvalue weighted by Crippen LogP contribution is -2.44. The Kier molecular flexibility index (Phi) is 6.44. The van der Waals surface area contributed by atoms with E-state index in [0.717, 1.165) is 6.42 Å². The van der Waals surface area contributed by atoms with Crippen LogP contribution in [-0.4, -0.2) is 48.1 Å². The Bertz CT molecular complexity index is 170. The van der Waals surface area contributed by atoms with E-state index in [0.29, 0.717) is 6.61 Å². The lowest BCUT2D eigenvalue weighted by molar-refractivity contribution is -0.127. The van der Waals surface area contributed by atoms with Crippen molar-refractivity contribution in [1.82, 2.24) is 5.32 Å². The first-order valence-electron chi connectivity index (χ1n) is 4.69. The van der Waals surface area contributed by atoms with Crippen LogP contribution in [0, 0.1) is 0 Å². The second kappa shape index (κ2) is 6.75. The molecule has 0 spiro atoms. The Labute approximate surface area is 84.1 Å². The molecule has 1 amide bonds. The zero-order valence-corrected chi connectivity index (χ0v) is 8.75. The summed E-state index contributed by atoms with van der Waals surface area (Å²) in [5.41, 5.74) is -1.26. The number of aliphatic hydroxyl groups excluding tert-OH is 1. The van der Waals surface area contributed by atoms with E-state index < -0.39 is 5.60 Å². The van der Waals surface area contributed by atoms with Crippen molar-refractivity contribution in [3.05, 3.63) is 0 Å². The molecule has 0 fully saturated rings. The first-order valence-corrected chi connectivity index (χ1v) is 4.69. The normalized spacial score (nSPS) is 14.9. The molecule has 84 valence electrons. The first kappa shape index (κ1) is 13.4. The van der Waals surface area contributed by atoms with Crippen molar-refractivity contribution in [2.24, 2.45) is 0 Å². The highest BCUT2D eigenvalue weighted by Gasteiger charge is 2.19. The van der Waals surface area contributed by atoms with Crippen LogP contribution < -0.4 is 5.32 Å². The number of ether oxygens (including phenoxy) is 1. The topological polar surface area (TPSA) is 78.8 Å². The Hall–Kier alpha value is -0.650. The number of aliphatic hydroxyl groups is 2. The minimum absolute atomic E-state index is 0.00461. The molecular formula is C9H19NO4. The third-order valence-electron chi connectivity index (χ3n) is 1.59. The Balaban J connectivity index is 3.53. The fraction of sp³-hybridized carbons (Fsp3) is 0.889. The van der Waals surface area contributed by atoms with Crippen molar-refractivity contribution < 1.29 is 19.7 Å². The predicted octanol–water partition coefficient (Wildman–Crippen LogP) is -0.727. The Morgan fingerprint density at radius 2 is 2.21 bits per heavy atom. The molecule has 14 heavy (non-hydrogen) atoms. The molecule has 0 aliphatic carbocycles. The average molecular weight is 205 g/mol. The molecule has 0 aliphatic heterocycles. The number of rotatable bonds is 7. The molecular weight excluding hydrogens is 186 g/mol. The van der Waals surface area contributed by atoms with Crippen molar-refractivity contribution in [2.75, 3.05) is 26.4 Å². The zero-order chi connectivity index (χ0) is 11.0. The van der Waals surface area contributed by atoms with Crippen molar-refractivity contribution in [2.45, 2.75) is 25.9 Å². The van der Waals surface area contributed by atoms with E-state index in [1.165, 1.54) is 6.92 Å². The van der Waals surface area contributed by atoms with E-state index in [1.54, 1.807) is 0 Å². The van der Waals surface area contributed by atoms with Crippen LogP contribution in [0.5, 0.6) is 0 Å². The van der Waals surface area contributed by atoms with Gasteiger partial charge in [-0.15, -0.1) is 0 Å². The van der Waals surface area contributed by atoms with Gasteiger partial charge >= 0.3 is 0 Å². The van der Waals surface area contributed by atoms with Crippen LogP contribution in [0.4, 0.5) is 0 Å². The Morgan fingerprint density at radius 1 is 1.57 bits per heavy atom. The predicted molar refractivity (Wildman–Crippen MR) is 51.8 cm³/mol. The van der Waals surface area contributed by atoms with Crippen molar-refractivity contribution >= 4 is 5.91 Å². The van der Waals surface area contributed by atoms with Gasteiger partial charge < -0.3 is 20.3 Å². The summed E-state index contributed by atoms with van der Waals surface area (Å²) in [4.78, 5) is 11.1. The zero-order valence-electron chi connectivity index (χ0n) is 8.75. The molecule has 0 heterocycles. The third kappa shape index (κ3) is 6.82. The molecule has 5 nitrogen and oxygen atoms in total. The molecule has 0 aromatic carbocycles. The number of hydrogen-bond acceptors (Lipinski definition) is 4. The van der Waals surface area contributed by atoms with Gasteiger partial charge in [-0.05, 0) is 13.3 Å². The quantitative estimate of drug-likeness (QED) is 0.479. The molecule has 0 aromatic heterocycles. The van der Waals surface area contributed by atoms with Crippen molar-refractivity contribution in [3.8, 4) is 0 Å². The van der Waals surface area contributed by atoms with Gasteiger partial charge in [-0.25, -0.2) is 0 Å². The molecule has 0 saturated heterocycles. The van der Waals surface area contributed by atoms with Gasteiger partial charge in [0.2, 0.25) is 5.91 Å². The summed E-state index contributed by atoms with van der Waals surface area (Å²) in [7, 11) is 0. The van der Waals surface area contributed by atoms with Crippen LogP contribution in [0.25, 0.3) is 0 Å². The molecule has 5 heteroatoms. The van der Waals surface area contributed by atoms with E-state index in [9.17, 15) is 9.90 Å². The highest BCUT2D eigenvalue weighted by Crippen LogP contribution is 1.97. The fourth-order valence-electron chi connectivity index (χ4n) is 0.705. The SMILES string of the molecule is CCCOCC(=O)NCC(C)(O)CO. The molecule has 0 aromatic rings. The van der Waals surface area contributed by atoms with E-state index in [2.05, 4.69) is 5.32 Å². The molecule has 0 radical (unpaired) electrons. The fourth-order valence-corrected chi connectivity index (χ4v) is 0.705. The monoisotopic (exact) mass is 205 g/mol. The molecule has 1 atom stereocenters. The highest BCUT2D eigenvalue weighted by atomic mass is 16.5. The van der Waals surface area contributed by atoms with Gasteiger partial charge in [-0.2, -0.15) is 0 Å². The standard InChI is InChI=1S/C9H19NO4/c1-3-4-14-5-8(12)10-6-9(2,13)7-11/h11,13H,3-7H2,1-2H3,(H,10,12). The summed E-state index contributed by atoms with van der Waals surface area (Å²) in [5, 5.41) is 20.5. The molecule has 0 saturated carbocycles. The van der Waals surface area contributed by atoms with Crippen LogP contribution in [0.15, 0.2) is 0 Å². The maximum absolute atomic E-state index is 11.1. The van der Waals surface area contributed by atoms with Gasteiger partial charge in [0.05, 0.1) is 6.61 Å². The van der Waals surface area contributed by atoms with Gasteiger partial charge in [0.15, 0.2) is 0 Å². The van der Waals surface area contributed by atoms with E-state index in [-0.39, 0.29) is 25.7 Å². The molecule has 0 rings (SSSR count). The number of carbonyl (C=O) groups is 1. The lowest BCUT2D eigenvalue weighted by Gasteiger charge is -2.20. The van der Waals surface area contributed by atoms with Gasteiger partial charge in [0.25, 0.3) is 0 Å². The average Bonchev–Trinajstić information content (AvgIpc) is 2.16. The third-order valence-corrected chi connectivity index (χ3v) is 1.59. The largest absolute Gasteiger partial charge is 0.393 e. The van der Waals surface area contributed by atoms with Crippen LogP contribution in [0.2, 0.25) is 0 Å². The van der Waals surface area contributed by atoms with Crippen LogP contribution in [-0.2, 0) is 9.53 Å². The summed E-state index contributed by atoms with van der Waals surface area (Å²) < 4.78 is 4.99. The van der Waals surface area contributed by atoms with Crippen molar-refractivity contribution in [1.29, 1.82) is 0 Å². The minimum Gasteiger partial charge on any atom is -0.393 e. The lowest BCUT2D eigenvalue weighted by atomic mass is 10.1. The van der Waals surface area contributed by atoms with Crippen molar-refractivity contribution in [3.63, 3.8) is 0 Å². The van der Waals surface area contributed by atoms with Crippen LogP contribution in [0.3, 0.4) is 0 Å². The molecule has 0 aliphatic rings. The summed E-state index contributed by atoms with van der Waals surface area (Å²) in [6.45, 7) is 3.58. The minimum atomic E-state index is -1.26. The maximum Gasteiger partial charge on any atom is 0.246 e. The number of amides is 1. The van der Waals surface area contributed by atoms with Crippen LogP contribution >= 0.6 is 0 Å². The molecule has 1 unspecified atom stereocenters. The summed E-state index contributed by atoms with van der Waals surface area (Å²) in [6, 6.07) is 0. The van der Waals surface area contributed by atoms with E-state index in [1.807, 2.05) is 6.92 Å². The van der Waals surface area contributed by atoms with Gasteiger partial charge in [-0.1, -0.05) is 6.92 Å². The second-order valence-electron chi connectivity index (χ2n) is 3.48. The smallest absolute Gasteiger partial charge is 0.246 e. The second-order valence-corrected chi connectivity index (χ2v) is 3.48. The summed E-state index contributed by atoms with van der Waals surface area (Å²) in [5.74, 6) is -0.285. The summed E-state index contributed by atoms with van der Waals surface area (Å²) in [6.07, 6.45) is 0.863. The molecule has 0 bridgehead atoms. The molecule has 3 N–H and O–H groups in total. The highest BCUT2D eigenvalue weighted by molar-refractivity contribution is 5.77. The van der Waals surface area contributed by atoms with Gasteiger partial charge in [0, 0.05) is 13.2 Å². The number of hydrogen-bond donors (Lipinski definition) is 3. The number of carbonyl (C=O) groups excluding carboxylic acids is 1. The Morgan fingerprint density at radius 3 is 2.71 bits per heavy atom. The van der Waals surface area contributed by atoms with Gasteiger partial charge in [0.1, 0.15) is 12.2 Å². The maximum atomic E-state index is 11.1. The number of nitrogens with one attached hydrogen (secondary N) is 1. The van der Waals surface area contributed by atoms with E-state index >= 15 is 0 Å².